The first kappa shape index (κ1) is 15.8. The number of nitrogens with zero attached hydrogens (tertiary/aromatic N) is 1. The minimum Gasteiger partial charge on any atom is -0.461 e. The monoisotopic (exact) mass is 345 g/mol. The largest absolute Gasteiger partial charge is 0.461 e. The third-order valence-corrected chi connectivity index (χ3v) is 5.98. The number of rotatable bonds is 4. The quantitative estimate of drug-likeness (QED) is 0.782. The molecule has 1 atom stereocenters. The van der Waals surface area contributed by atoms with E-state index in [1.807, 2.05) is 0 Å². The molecule has 2 aliphatic rings. The molecular formula is C19H20FNO2S. The Balaban J connectivity index is 1.63. The normalized spacial score (nSPS) is 19.4. The summed E-state index contributed by atoms with van der Waals surface area (Å²) in [5, 5.41) is 2.08. The van der Waals surface area contributed by atoms with Crippen molar-refractivity contribution in [3.8, 4) is 0 Å². The molecule has 4 rings (SSSR count). The van der Waals surface area contributed by atoms with Crippen molar-refractivity contribution in [2.24, 2.45) is 0 Å². The summed E-state index contributed by atoms with van der Waals surface area (Å²) < 4.78 is 20.0. The highest BCUT2D eigenvalue weighted by molar-refractivity contribution is 7.10. The maximum Gasteiger partial charge on any atom is 0.328 e. The minimum atomic E-state index is -0.667. The average Bonchev–Trinajstić information content (AvgIpc) is 3.01. The van der Waals surface area contributed by atoms with Crippen molar-refractivity contribution in [1.82, 2.24) is 4.90 Å². The lowest BCUT2D eigenvalue weighted by molar-refractivity contribution is -0.160. The first-order valence-electron chi connectivity index (χ1n) is 8.46. The summed E-state index contributed by atoms with van der Waals surface area (Å²) in [7, 11) is 0. The average molecular weight is 345 g/mol. The molecule has 1 aromatic carbocycles. The molecule has 5 heteroatoms. The topological polar surface area (TPSA) is 29.5 Å². The van der Waals surface area contributed by atoms with Gasteiger partial charge in [-0.25, -0.2) is 9.18 Å². The Morgan fingerprint density at radius 2 is 2.12 bits per heavy atom. The van der Waals surface area contributed by atoms with Gasteiger partial charge in [-0.1, -0.05) is 18.2 Å². The van der Waals surface area contributed by atoms with Crippen LogP contribution in [0.25, 0.3) is 0 Å². The van der Waals surface area contributed by atoms with E-state index in [0.29, 0.717) is 12.1 Å². The fraction of sp³-hybridized carbons (Fsp3) is 0.421. The Kier molecular flexibility index (Phi) is 4.37. The molecule has 0 bridgehead atoms. The second-order valence-corrected chi connectivity index (χ2v) is 7.50. The maximum atomic E-state index is 14.4. The van der Waals surface area contributed by atoms with Crippen molar-refractivity contribution < 1.29 is 13.9 Å². The highest BCUT2D eigenvalue weighted by Gasteiger charge is 2.35. The number of carbonyl (C=O) groups is 1. The fourth-order valence-electron chi connectivity index (χ4n) is 3.38. The Morgan fingerprint density at radius 3 is 2.88 bits per heavy atom. The molecule has 24 heavy (non-hydrogen) atoms. The SMILES string of the molecule is O=C(OC1CCC1)C(c1ccccc1F)N1CCc2sccc2C1. The van der Waals surface area contributed by atoms with E-state index < -0.39 is 6.04 Å². The number of hydrogen-bond donors (Lipinski definition) is 0. The van der Waals surface area contributed by atoms with E-state index in [0.717, 1.165) is 32.2 Å². The van der Waals surface area contributed by atoms with E-state index in [4.69, 9.17) is 4.74 Å². The summed E-state index contributed by atoms with van der Waals surface area (Å²) in [4.78, 5) is 16.2. The van der Waals surface area contributed by atoms with E-state index in [1.165, 1.54) is 16.5 Å². The molecule has 2 heterocycles. The molecule has 1 saturated carbocycles. The van der Waals surface area contributed by atoms with Crippen LogP contribution in [0.1, 0.15) is 41.3 Å². The van der Waals surface area contributed by atoms with Gasteiger partial charge < -0.3 is 4.74 Å². The minimum absolute atomic E-state index is 0.00766. The first-order valence-corrected chi connectivity index (χ1v) is 9.34. The number of ether oxygens (including phenoxy) is 1. The number of esters is 1. The molecule has 1 fully saturated rings. The number of benzene rings is 1. The molecule has 1 aromatic heterocycles. The molecule has 0 spiro atoms. The highest BCUT2D eigenvalue weighted by atomic mass is 32.1. The summed E-state index contributed by atoms with van der Waals surface area (Å²) in [5.74, 6) is -0.660. The molecular weight excluding hydrogens is 325 g/mol. The van der Waals surface area contributed by atoms with Gasteiger partial charge in [0.05, 0.1) is 0 Å². The van der Waals surface area contributed by atoms with Crippen LogP contribution >= 0.6 is 11.3 Å². The molecule has 2 aromatic rings. The van der Waals surface area contributed by atoms with E-state index in [9.17, 15) is 9.18 Å². The van der Waals surface area contributed by atoms with E-state index in [2.05, 4.69) is 16.3 Å². The molecule has 0 amide bonds. The van der Waals surface area contributed by atoms with Crippen LogP contribution in [-0.2, 0) is 22.5 Å². The van der Waals surface area contributed by atoms with Crippen LogP contribution in [0, 0.1) is 5.82 Å². The highest BCUT2D eigenvalue weighted by Crippen LogP contribution is 2.33. The zero-order valence-corrected chi connectivity index (χ0v) is 14.2. The molecule has 3 nitrogen and oxygen atoms in total. The molecule has 0 saturated heterocycles. The van der Waals surface area contributed by atoms with Gasteiger partial charge in [0.25, 0.3) is 0 Å². The standard InChI is InChI=1S/C19H20FNO2S/c20-16-7-2-1-6-15(16)18(19(22)23-14-4-3-5-14)21-10-8-17-13(12-21)9-11-24-17/h1-2,6-7,9,11,14,18H,3-5,8,10,12H2. The molecule has 1 aliphatic heterocycles. The van der Waals surface area contributed by atoms with Crippen molar-refractivity contribution in [2.75, 3.05) is 6.54 Å². The Morgan fingerprint density at radius 1 is 1.29 bits per heavy atom. The summed E-state index contributed by atoms with van der Waals surface area (Å²) >= 11 is 1.75. The number of hydrogen-bond acceptors (Lipinski definition) is 4. The van der Waals surface area contributed by atoms with Crippen molar-refractivity contribution in [2.45, 2.75) is 44.4 Å². The number of halogens is 1. The van der Waals surface area contributed by atoms with Gasteiger partial charge in [0.2, 0.25) is 0 Å². The number of thiophene rings is 1. The summed E-state index contributed by atoms with van der Waals surface area (Å²) in [5.41, 5.74) is 1.66. The molecule has 1 unspecified atom stereocenters. The Bertz CT molecular complexity index is 740. The van der Waals surface area contributed by atoms with Crippen molar-refractivity contribution in [1.29, 1.82) is 0 Å². The predicted octanol–water partition coefficient (Wildman–Crippen LogP) is 4.08. The van der Waals surface area contributed by atoms with E-state index in [1.54, 1.807) is 29.5 Å². The molecule has 126 valence electrons. The van der Waals surface area contributed by atoms with Crippen LogP contribution in [0.3, 0.4) is 0 Å². The lowest BCUT2D eigenvalue weighted by Crippen LogP contribution is -2.40. The number of fused-ring (bicyclic) bond motifs is 1. The van der Waals surface area contributed by atoms with Crippen LogP contribution in [0.4, 0.5) is 4.39 Å². The summed E-state index contributed by atoms with van der Waals surface area (Å²) in [6.45, 7) is 1.41. The predicted molar refractivity (Wildman–Crippen MR) is 91.3 cm³/mol. The van der Waals surface area contributed by atoms with Crippen LogP contribution in [0.5, 0.6) is 0 Å². The molecule has 1 aliphatic carbocycles. The summed E-state index contributed by atoms with van der Waals surface area (Å²) in [6, 6.07) is 7.98. The maximum absolute atomic E-state index is 14.4. The van der Waals surface area contributed by atoms with Gasteiger partial charge in [-0.3, -0.25) is 4.90 Å². The fourth-order valence-corrected chi connectivity index (χ4v) is 4.27. The van der Waals surface area contributed by atoms with Crippen molar-refractivity contribution in [3.63, 3.8) is 0 Å². The smallest absolute Gasteiger partial charge is 0.328 e. The third kappa shape index (κ3) is 2.98. The van der Waals surface area contributed by atoms with Gasteiger partial charge in [0.1, 0.15) is 18.0 Å². The molecule has 0 N–H and O–H groups in total. The van der Waals surface area contributed by atoms with Crippen LogP contribution in [0.2, 0.25) is 0 Å². The van der Waals surface area contributed by atoms with Gasteiger partial charge in [-0.15, -0.1) is 11.3 Å². The Labute approximate surface area is 145 Å². The molecule has 0 radical (unpaired) electrons. The van der Waals surface area contributed by atoms with Crippen LogP contribution < -0.4 is 0 Å². The van der Waals surface area contributed by atoms with E-state index >= 15 is 0 Å². The van der Waals surface area contributed by atoms with Gasteiger partial charge in [-0.2, -0.15) is 0 Å². The van der Waals surface area contributed by atoms with Crippen LogP contribution in [-0.4, -0.2) is 23.5 Å². The first-order chi connectivity index (χ1) is 11.7. The van der Waals surface area contributed by atoms with Gasteiger partial charge in [-0.05, 0) is 48.8 Å². The van der Waals surface area contributed by atoms with Gasteiger partial charge >= 0.3 is 5.97 Å². The van der Waals surface area contributed by atoms with Crippen LogP contribution in [0.15, 0.2) is 35.7 Å². The van der Waals surface area contributed by atoms with Gasteiger partial charge in [0.15, 0.2) is 0 Å². The summed E-state index contributed by atoms with van der Waals surface area (Å²) in [6.07, 6.45) is 3.85. The van der Waals surface area contributed by atoms with Gasteiger partial charge in [0, 0.05) is 23.5 Å². The Hall–Kier alpha value is -1.72. The van der Waals surface area contributed by atoms with Crippen molar-refractivity contribution >= 4 is 17.3 Å². The second kappa shape index (κ2) is 6.65. The third-order valence-electron chi connectivity index (χ3n) is 4.96. The lowest BCUT2D eigenvalue weighted by Gasteiger charge is -2.35. The zero-order chi connectivity index (χ0) is 16.5. The van der Waals surface area contributed by atoms with E-state index in [-0.39, 0.29) is 17.9 Å². The zero-order valence-electron chi connectivity index (χ0n) is 13.4. The van der Waals surface area contributed by atoms with Crippen molar-refractivity contribution in [3.05, 3.63) is 57.5 Å². The number of carbonyl (C=O) groups excluding carboxylic acids is 1. The second-order valence-electron chi connectivity index (χ2n) is 6.50. The lowest BCUT2D eigenvalue weighted by atomic mass is 9.95.